The van der Waals surface area contributed by atoms with E-state index in [1.54, 1.807) is 6.07 Å². The average molecular weight is 350 g/mol. The van der Waals surface area contributed by atoms with Crippen molar-refractivity contribution >= 4 is 17.4 Å². The maximum Gasteiger partial charge on any atom is 0.255 e. The number of anilines is 1. The van der Waals surface area contributed by atoms with Gasteiger partial charge in [-0.2, -0.15) is 0 Å². The summed E-state index contributed by atoms with van der Waals surface area (Å²) in [6.45, 7) is 2.56. The molecule has 3 aliphatic rings. The summed E-state index contributed by atoms with van der Waals surface area (Å²) in [6, 6.07) is 10.8. The van der Waals surface area contributed by atoms with Gasteiger partial charge >= 0.3 is 0 Å². The number of aliphatic imine (C=N–C) groups is 1. The molecular weight excluding hydrogens is 331 g/mol. The van der Waals surface area contributed by atoms with Crippen molar-refractivity contribution in [3.8, 4) is 0 Å². The number of carbonyl (C=O) groups is 1. The number of hydrogen-bond donors (Lipinski definition) is 2. The minimum atomic E-state index is -0.613. The molecule has 5 rings (SSSR count). The quantitative estimate of drug-likeness (QED) is 0.767. The first kappa shape index (κ1) is 15.4. The zero-order valence-corrected chi connectivity index (χ0v) is 14.4. The normalized spacial score (nSPS) is 26.1. The van der Waals surface area contributed by atoms with Gasteiger partial charge in [0.2, 0.25) is 0 Å². The van der Waals surface area contributed by atoms with Crippen LogP contribution in [-0.4, -0.2) is 28.9 Å². The third-order valence-corrected chi connectivity index (χ3v) is 5.78. The Labute approximate surface area is 150 Å². The lowest BCUT2D eigenvalue weighted by atomic mass is 9.86. The predicted octanol–water partition coefficient (Wildman–Crippen LogP) is 2.95. The van der Waals surface area contributed by atoms with Gasteiger partial charge in [-0.05, 0) is 30.2 Å². The van der Waals surface area contributed by atoms with E-state index in [1.165, 1.54) is 6.07 Å². The van der Waals surface area contributed by atoms with E-state index in [-0.39, 0.29) is 23.6 Å². The highest BCUT2D eigenvalue weighted by Gasteiger charge is 2.48. The molecule has 0 bridgehead atoms. The van der Waals surface area contributed by atoms with E-state index in [2.05, 4.69) is 10.3 Å². The molecule has 1 amide bonds. The second-order valence-corrected chi connectivity index (χ2v) is 7.32. The lowest BCUT2D eigenvalue weighted by Gasteiger charge is -2.44. The first-order valence-electron chi connectivity index (χ1n) is 8.82. The third kappa shape index (κ3) is 1.95. The fourth-order valence-corrected chi connectivity index (χ4v) is 4.59. The number of nitrogens with zero attached hydrogens (tertiary/aromatic N) is 2. The topological polar surface area (TPSA) is 70.7 Å². The molecule has 0 aromatic heterocycles. The smallest absolute Gasteiger partial charge is 0.255 e. The lowest BCUT2D eigenvalue weighted by Crippen LogP contribution is -2.51. The molecule has 0 saturated carbocycles. The van der Waals surface area contributed by atoms with Gasteiger partial charge in [0.15, 0.2) is 0 Å². The van der Waals surface area contributed by atoms with Gasteiger partial charge in [-0.25, -0.2) is 9.38 Å². The monoisotopic (exact) mass is 350 g/mol. The molecule has 1 saturated heterocycles. The molecule has 0 aliphatic carbocycles. The van der Waals surface area contributed by atoms with E-state index in [4.69, 9.17) is 5.73 Å². The van der Waals surface area contributed by atoms with Crippen LogP contribution >= 0.6 is 0 Å². The highest BCUT2D eigenvalue weighted by molar-refractivity contribution is 6.04. The molecule has 26 heavy (non-hydrogen) atoms. The molecule has 2 aromatic carbocycles. The summed E-state index contributed by atoms with van der Waals surface area (Å²) in [5.74, 6) is -0.0585. The van der Waals surface area contributed by atoms with Crippen molar-refractivity contribution < 1.29 is 9.18 Å². The fourth-order valence-electron chi connectivity index (χ4n) is 4.59. The van der Waals surface area contributed by atoms with E-state index >= 15 is 0 Å². The van der Waals surface area contributed by atoms with Gasteiger partial charge in [-0.3, -0.25) is 4.79 Å². The summed E-state index contributed by atoms with van der Waals surface area (Å²) in [7, 11) is 0. The zero-order chi connectivity index (χ0) is 18.1. The maximum atomic E-state index is 14.1. The number of amidine groups is 1. The molecule has 2 aromatic rings. The number of halogens is 1. The second-order valence-electron chi connectivity index (χ2n) is 7.32. The summed E-state index contributed by atoms with van der Waals surface area (Å²) < 4.78 is 14.1. The summed E-state index contributed by atoms with van der Waals surface area (Å²) >= 11 is 0. The van der Waals surface area contributed by atoms with E-state index in [9.17, 15) is 9.18 Å². The number of amides is 1. The van der Waals surface area contributed by atoms with E-state index in [1.807, 2.05) is 36.1 Å². The number of fused-ring (bicyclic) bond motifs is 4. The molecule has 2 atom stereocenters. The molecule has 1 unspecified atom stereocenters. The Kier molecular flexibility index (Phi) is 2.99. The van der Waals surface area contributed by atoms with Crippen LogP contribution in [0.5, 0.6) is 0 Å². The highest BCUT2D eigenvalue weighted by Crippen LogP contribution is 2.47. The van der Waals surface area contributed by atoms with Crippen molar-refractivity contribution in [3.05, 3.63) is 64.5 Å². The second kappa shape index (κ2) is 5.06. The summed E-state index contributed by atoms with van der Waals surface area (Å²) in [5, 5.41) is 3.41. The summed E-state index contributed by atoms with van der Waals surface area (Å²) in [6.07, 6.45) is 1.25. The Morgan fingerprint density at radius 1 is 1.27 bits per heavy atom. The van der Waals surface area contributed by atoms with Crippen molar-refractivity contribution in [2.45, 2.75) is 31.5 Å². The van der Waals surface area contributed by atoms with Gasteiger partial charge in [0.25, 0.3) is 5.91 Å². The van der Waals surface area contributed by atoms with E-state index in [0.717, 1.165) is 16.7 Å². The minimum absolute atomic E-state index is 0.0368. The standard InChI is InChI=1S/C20H19FN4O/c1-11-4-2-5-12-15-10-20(8-9-25(15)19(26)16(11)12)23-14-7-3-6-13(21)17(14)18(22)24-20/h2-7,15,23H,8-10H2,1H3,(H2,22,24)/t15-,20?/m0/s1. The van der Waals surface area contributed by atoms with Crippen LogP contribution in [0, 0.1) is 12.7 Å². The lowest BCUT2D eigenvalue weighted by molar-refractivity contribution is 0.0605. The maximum absolute atomic E-state index is 14.1. The van der Waals surface area contributed by atoms with E-state index < -0.39 is 5.66 Å². The van der Waals surface area contributed by atoms with Crippen LogP contribution in [0.1, 0.15) is 45.9 Å². The number of piperidine rings is 1. The minimum Gasteiger partial charge on any atom is -0.383 e. The molecule has 3 aliphatic heterocycles. The van der Waals surface area contributed by atoms with E-state index in [0.29, 0.717) is 30.6 Å². The number of carbonyl (C=O) groups excluding carboxylic acids is 1. The summed E-state index contributed by atoms with van der Waals surface area (Å²) in [4.78, 5) is 19.4. The van der Waals surface area contributed by atoms with Crippen molar-refractivity contribution in [1.82, 2.24) is 4.90 Å². The number of benzene rings is 2. The fraction of sp³-hybridized carbons (Fsp3) is 0.300. The average Bonchev–Trinajstić information content (AvgIpc) is 2.87. The van der Waals surface area contributed by atoms with Crippen LogP contribution in [0.3, 0.4) is 0 Å². The molecule has 3 N–H and O–H groups in total. The molecule has 0 radical (unpaired) electrons. The Morgan fingerprint density at radius 2 is 2.08 bits per heavy atom. The van der Waals surface area contributed by atoms with Crippen LogP contribution < -0.4 is 11.1 Å². The highest BCUT2D eigenvalue weighted by atomic mass is 19.1. The number of aryl methyl sites for hydroxylation is 1. The molecule has 1 fully saturated rings. The largest absolute Gasteiger partial charge is 0.383 e. The van der Waals surface area contributed by atoms with Gasteiger partial charge in [0.1, 0.15) is 17.3 Å². The molecule has 132 valence electrons. The van der Waals surface area contributed by atoms with Gasteiger partial charge in [0, 0.05) is 30.6 Å². The number of rotatable bonds is 0. The first-order valence-corrected chi connectivity index (χ1v) is 8.82. The Morgan fingerprint density at radius 3 is 2.92 bits per heavy atom. The van der Waals surface area contributed by atoms with Crippen LogP contribution in [0.25, 0.3) is 0 Å². The SMILES string of the molecule is Cc1cccc2c1C(=O)N1CCC3(C[C@@H]21)N=C(N)c1c(F)cccc1N3. The van der Waals surface area contributed by atoms with Crippen LogP contribution in [0.2, 0.25) is 0 Å². The predicted molar refractivity (Wildman–Crippen MR) is 97.7 cm³/mol. The number of nitrogens with two attached hydrogens (primary N) is 1. The van der Waals surface area contributed by atoms with Gasteiger partial charge < -0.3 is 16.0 Å². The third-order valence-electron chi connectivity index (χ3n) is 5.78. The van der Waals surface area contributed by atoms with Crippen molar-refractivity contribution in [2.24, 2.45) is 10.7 Å². The van der Waals surface area contributed by atoms with Gasteiger partial charge in [-0.15, -0.1) is 0 Å². The Hall–Kier alpha value is -2.89. The Bertz CT molecular complexity index is 986. The first-order chi connectivity index (χ1) is 12.5. The van der Waals surface area contributed by atoms with Gasteiger partial charge in [-0.1, -0.05) is 24.3 Å². The number of nitrogens with one attached hydrogen (secondary N) is 1. The van der Waals surface area contributed by atoms with Crippen molar-refractivity contribution in [2.75, 3.05) is 11.9 Å². The summed E-state index contributed by atoms with van der Waals surface area (Å²) in [5.41, 5.74) is 9.38. The molecular formula is C20H19FN4O. The van der Waals surface area contributed by atoms with Crippen LogP contribution in [0.4, 0.5) is 10.1 Å². The van der Waals surface area contributed by atoms with Gasteiger partial charge in [0.05, 0.1) is 11.6 Å². The van der Waals surface area contributed by atoms with Crippen LogP contribution in [-0.2, 0) is 0 Å². The van der Waals surface area contributed by atoms with Crippen LogP contribution in [0.15, 0.2) is 41.4 Å². The molecule has 1 spiro atoms. The zero-order valence-electron chi connectivity index (χ0n) is 14.4. The molecule has 5 nitrogen and oxygen atoms in total. The molecule has 3 heterocycles. The Balaban J connectivity index is 1.57. The van der Waals surface area contributed by atoms with Crippen molar-refractivity contribution in [1.29, 1.82) is 0 Å². The number of hydrogen-bond acceptors (Lipinski definition) is 4. The van der Waals surface area contributed by atoms with Crippen molar-refractivity contribution in [3.63, 3.8) is 0 Å². The molecule has 6 heteroatoms.